The van der Waals surface area contributed by atoms with E-state index in [1.807, 2.05) is 6.07 Å². The molecule has 9 heteroatoms. The second-order valence-electron chi connectivity index (χ2n) is 10.4. The first-order chi connectivity index (χ1) is 18.6. The highest BCUT2D eigenvalue weighted by Gasteiger charge is 2.56. The van der Waals surface area contributed by atoms with E-state index in [4.69, 9.17) is 16.3 Å². The summed E-state index contributed by atoms with van der Waals surface area (Å²) in [6.07, 6.45) is 4.15. The van der Waals surface area contributed by atoms with Gasteiger partial charge in [0, 0.05) is 22.2 Å². The van der Waals surface area contributed by atoms with Gasteiger partial charge in [0.2, 0.25) is 0 Å². The predicted octanol–water partition coefficient (Wildman–Crippen LogP) is 4.79. The molecule has 2 atom stereocenters. The standard InChI is InChI=1S/C30H27ClFN3O4/c1-3-28(2,38)21-12-24-26(25(32)13-21)30(20-5-7-22(31)8-6-20,39-18-29(17-36)10-11-29)35(27(24)37)16-23-9-4-19(14-33)15-34-23/h3-9,12-13,15,36,38H,1,10-11,16-18H2,2H3/t28?,30-/m1/s1. The van der Waals surface area contributed by atoms with E-state index in [9.17, 15) is 20.3 Å². The number of carbonyl (C=O) groups is 1. The number of rotatable bonds is 9. The van der Waals surface area contributed by atoms with Crippen LogP contribution in [0.2, 0.25) is 5.02 Å². The van der Waals surface area contributed by atoms with E-state index in [2.05, 4.69) is 11.6 Å². The zero-order valence-corrected chi connectivity index (χ0v) is 22.1. The average molecular weight is 548 g/mol. The molecular weight excluding hydrogens is 521 g/mol. The largest absolute Gasteiger partial charge is 0.396 e. The van der Waals surface area contributed by atoms with Gasteiger partial charge in [-0.25, -0.2) is 4.39 Å². The van der Waals surface area contributed by atoms with Gasteiger partial charge in [-0.15, -0.1) is 0 Å². The SMILES string of the molecule is C=CC(C)(O)c1cc(F)c2c(c1)C(=O)N(Cc1ccc(C#N)cn1)[C@@]2(OCC1(CO)CC1)c1ccc(Cl)cc1. The van der Waals surface area contributed by atoms with Crippen LogP contribution in [0.5, 0.6) is 0 Å². The van der Waals surface area contributed by atoms with E-state index >= 15 is 4.39 Å². The van der Waals surface area contributed by atoms with Crippen molar-refractivity contribution < 1.29 is 24.1 Å². The second-order valence-corrected chi connectivity index (χ2v) is 10.8. The fraction of sp³-hybridized carbons (Fsp3) is 0.300. The van der Waals surface area contributed by atoms with Crippen LogP contribution in [0.15, 0.2) is 67.4 Å². The number of nitrogens with zero attached hydrogens (tertiary/aromatic N) is 3. The zero-order valence-electron chi connectivity index (χ0n) is 21.3. The Hall–Kier alpha value is -3.61. The van der Waals surface area contributed by atoms with Crippen LogP contribution in [0.25, 0.3) is 0 Å². The Morgan fingerprint density at radius 1 is 1.28 bits per heavy atom. The highest BCUT2D eigenvalue weighted by atomic mass is 35.5. The van der Waals surface area contributed by atoms with Gasteiger partial charge in [-0.05, 0) is 61.7 Å². The van der Waals surface area contributed by atoms with E-state index < -0.39 is 28.5 Å². The van der Waals surface area contributed by atoms with Crippen LogP contribution < -0.4 is 0 Å². The van der Waals surface area contributed by atoms with Crippen molar-refractivity contribution >= 4 is 17.5 Å². The van der Waals surface area contributed by atoms with Gasteiger partial charge in [-0.3, -0.25) is 14.7 Å². The van der Waals surface area contributed by atoms with Crippen LogP contribution >= 0.6 is 11.6 Å². The Bertz CT molecular complexity index is 1480. The molecule has 0 saturated heterocycles. The lowest BCUT2D eigenvalue weighted by molar-refractivity contribution is -0.130. The minimum Gasteiger partial charge on any atom is -0.396 e. The van der Waals surface area contributed by atoms with Gasteiger partial charge in [0.15, 0.2) is 5.72 Å². The molecule has 3 aromatic rings. The highest BCUT2D eigenvalue weighted by Crippen LogP contribution is 2.52. The molecule has 1 amide bonds. The van der Waals surface area contributed by atoms with Crippen LogP contribution in [0.4, 0.5) is 4.39 Å². The topological polar surface area (TPSA) is 107 Å². The lowest BCUT2D eigenvalue weighted by Gasteiger charge is -2.40. The lowest BCUT2D eigenvalue weighted by Crippen LogP contribution is -2.48. The average Bonchev–Trinajstić information content (AvgIpc) is 3.69. The molecule has 200 valence electrons. The Balaban J connectivity index is 1.74. The first-order valence-electron chi connectivity index (χ1n) is 12.5. The minimum absolute atomic E-state index is 0.000759. The summed E-state index contributed by atoms with van der Waals surface area (Å²) >= 11 is 6.19. The van der Waals surface area contributed by atoms with Gasteiger partial charge in [0.1, 0.15) is 17.5 Å². The number of hydrogen-bond acceptors (Lipinski definition) is 6. The summed E-state index contributed by atoms with van der Waals surface area (Å²) in [6.45, 7) is 4.99. The quantitative estimate of drug-likeness (QED) is 0.373. The normalized spacial score (nSPS) is 20.7. The molecule has 2 N–H and O–H groups in total. The minimum atomic E-state index is -1.72. The van der Waals surface area contributed by atoms with Crippen molar-refractivity contribution in [3.05, 3.63) is 112 Å². The number of amides is 1. The van der Waals surface area contributed by atoms with E-state index in [0.717, 1.165) is 12.8 Å². The number of nitriles is 1. The second kappa shape index (κ2) is 9.85. The molecule has 1 saturated carbocycles. The fourth-order valence-corrected chi connectivity index (χ4v) is 5.00. The number of aliphatic hydroxyl groups is 2. The monoisotopic (exact) mass is 547 g/mol. The highest BCUT2D eigenvalue weighted by molar-refractivity contribution is 6.30. The van der Waals surface area contributed by atoms with Crippen molar-refractivity contribution in [2.24, 2.45) is 5.41 Å². The Morgan fingerprint density at radius 3 is 2.56 bits per heavy atom. The Labute approximate surface area is 230 Å². The number of halogens is 2. The summed E-state index contributed by atoms with van der Waals surface area (Å²) in [5, 5.41) is 30.4. The van der Waals surface area contributed by atoms with E-state index in [1.54, 1.807) is 36.4 Å². The van der Waals surface area contributed by atoms with Gasteiger partial charge in [0.05, 0.1) is 42.1 Å². The van der Waals surface area contributed by atoms with Crippen molar-refractivity contribution in [3.8, 4) is 6.07 Å². The molecule has 1 aromatic heterocycles. The number of aliphatic hydroxyl groups excluding tert-OH is 1. The molecule has 2 aromatic carbocycles. The van der Waals surface area contributed by atoms with E-state index in [1.165, 1.54) is 36.2 Å². The first kappa shape index (κ1) is 27.0. The molecule has 0 radical (unpaired) electrons. The number of ether oxygens (including phenoxy) is 1. The summed E-state index contributed by atoms with van der Waals surface area (Å²) in [4.78, 5) is 19.9. The fourth-order valence-electron chi connectivity index (χ4n) is 4.87. The van der Waals surface area contributed by atoms with Crippen LogP contribution in [0.3, 0.4) is 0 Å². The Kier molecular flexibility index (Phi) is 6.81. The molecule has 39 heavy (non-hydrogen) atoms. The van der Waals surface area contributed by atoms with Crippen molar-refractivity contribution in [3.63, 3.8) is 0 Å². The van der Waals surface area contributed by atoms with Crippen LogP contribution in [-0.2, 0) is 22.6 Å². The summed E-state index contributed by atoms with van der Waals surface area (Å²) < 4.78 is 22.8. The van der Waals surface area contributed by atoms with Crippen LogP contribution in [0.1, 0.15) is 58.1 Å². The molecule has 1 unspecified atom stereocenters. The first-order valence-corrected chi connectivity index (χ1v) is 12.9. The molecule has 1 fully saturated rings. The molecule has 0 bridgehead atoms. The third-order valence-corrected chi connectivity index (χ3v) is 7.91. The molecule has 7 nitrogen and oxygen atoms in total. The van der Waals surface area contributed by atoms with Gasteiger partial charge in [-0.1, -0.05) is 36.4 Å². The van der Waals surface area contributed by atoms with Gasteiger partial charge in [0.25, 0.3) is 5.91 Å². The third kappa shape index (κ3) is 4.62. The Morgan fingerprint density at radius 2 is 2.00 bits per heavy atom. The van der Waals surface area contributed by atoms with E-state index in [0.29, 0.717) is 21.8 Å². The maximum Gasteiger partial charge on any atom is 0.257 e. The number of fused-ring (bicyclic) bond motifs is 1. The number of pyridine rings is 1. The summed E-state index contributed by atoms with van der Waals surface area (Å²) in [6, 6.07) is 14.5. The lowest BCUT2D eigenvalue weighted by atomic mass is 9.88. The molecule has 0 spiro atoms. The van der Waals surface area contributed by atoms with E-state index in [-0.39, 0.29) is 36.4 Å². The molecule has 2 aliphatic rings. The third-order valence-electron chi connectivity index (χ3n) is 7.66. The van der Waals surface area contributed by atoms with Crippen molar-refractivity contribution in [1.82, 2.24) is 9.88 Å². The maximum atomic E-state index is 16.2. The number of hydrogen-bond donors (Lipinski definition) is 2. The van der Waals surface area contributed by atoms with Gasteiger partial charge >= 0.3 is 0 Å². The molecule has 5 rings (SSSR count). The van der Waals surface area contributed by atoms with Gasteiger partial charge < -0.3 is 14.9 Å². The molecule has 1 aliphatic carbocycles. The zero-order chi connectivity index (χ0) is 28.0. The smallest absolute Gasteiger partial charge is 0.257 e. The summed E-state index contributed by atoms with van der Waals surface area (Å²) in [5.74, 6) is -1.27. The van der Waals surface area contributed by atoms with Crippen LogP contribution in [0, 0.1) is 22.6 Å². The summed E-state index contributed by atoms with van der Waals surface area (Å²) in [5.41, 5.74) is -2.31. The van der Waals surface area contributed by atoms with Crippen molar-refractivity contribution in [2.75, 3.05) is 13.2 Å². The molecule has 1 aliphatic heterocycles. The number of benzene rings is 2. The van der Waals surface area contributed by atoms with Crippen molar-refractivity contribution in [1.29, 1.82) is 5.26 Å². The summed E-state index contributed by atoms with van der Waals surface area (Å²) in [7, 11) is 0. The predicted molar refractivity (Wildman–Crippen MR) is 142 cm³/mol. The molecular formula is C30H27ClFN3O4. The molecule has 2 heterocycles. The van der Waals surface area contributed by atoms with Crippen molar-refractivity contribution in [2.45, 2.75) is 37.6 Å². The maximum absolute atomic E-state index is 16.2. The van der Waals surface area contributed by atoms with Gasteiger partial charge in [-0.2, -0.15) is 5.26 Å². The van der Waals surface area contributed by atoms with Crippen LogP contribution in [-0.4, -0.2) is 39.2 Å². The number of aromatic nitrogens is 1. The number of carbonyl (C=O) groups excluding carboxylic acids is 1.